The second-order valence-corrected chi connectivity index (χ2v) is 8.30. The third-order valence-electron chi connectivity index (χ3n) is 4.81. The summed E-state index contributed by atoms with van der Waals surface area (Å²) < 4.78 is 0. The van der Waals surface area contributed by atoms with Gasteiger partial charge in [-0.3, -0.25) is 4.79 Å². The predicted molar refractivity (Wildman–Crippen MR) is 126 cm³/mol. The second kappa shape index (κ2) is 22.0. The van der Waals surface area contributed by atoms with Gasteiger partial charge in [-0.2, -0.15) is 0 Å². The molecule has 0 aliphatic rings. The molecule has 2 nitrogen and oxygen atoms in total. The van der Waals surface area contributed by atoms with E-state index in [1.807, 2.05) is 12.2 Å². The largest absolute Gasteiger partial charge is 0.352 e. The Morgan fingerprint density at radius 3 is 1.79 bits per heavy atom. The van der Waals surface area contributed by atoms with E-state index in [1.54, 1.807) is 6.08 Å². The third kappa shape index (κ3) is 22.7. The van der Waals surface area contributed by atoms with Crippen molar-refractivity contribution < 1.29 is 4.79 Å². The van der Waals surface area contributed by atoms with Gasteiger partial charge in [-0.15, -0.1) is 0 Å². The quantitative estimate of drug-likeness (QED) is 0.103. The molecular weight excluding hydrogens is 342 g/mol. The summed E-state index contributed by atoms with van der Waals surface area (Å²) in [7, 11) is 0. The second-order valence-electron chi connectivity index (χ2n) is 8.30. The molecule has 0 spiro atoms. The molecule has 2 heteroatoms. The van der Waals surface area contributed by atoms with Gasteiger partial charge in [-0.05, 0) is 44.4 Å². The Balaban J connectivity index is 3.34. The Kier molecular flexibility index (Phi) is 21.0. The van der Waals surface area contributed by atoms with E-state index >= 15 is 0 Å². The van der Waals surface area contributed by atoms with Crippen LogP contribution in [0.3, 0.4) is 0 Å². The van der Waals surface area contributed by atoms with Crippen LogP contribution in [0.25, 0.3) is 0 Å². The SMILES string of the molecule is CCCCCCCCCCC/C=C\CCCC/C=C\C=C/C(=O)NCC(C)C. The molecule has 0 aromatic heterocycles. The van der Waals surface area contributed by atoms with E-state index < -0.39 is 0 Å². The fourth-order valence-corrected chi connectivity index (χ4v) is 3.01. The zero-order chi connectivity index (χ0) is 20.7. The van der Waals surface area contributed by atoms with Gasteiger partial charge < -0.3 is 5.32 Å². The molecule has 0 unspecified atom stereocenters. The Labute approximate surface area is 176 Å². The molecule has 0 aliphatic carbocycles. The minimum Gasteiger partial charge on any atom is -0.352 e. The van der Waals surface area contributed by atoms with Crippen LogP contribution in [0.4, 0.5) is 0 Å². The molecule has 0 aromatic rings. The van der Waals surface area contributed by atoms with Gasteiger partial charge >= 0.3 is 0 Å². The average molecular weight is 390 g/mol. The van der Waals surface area contributed by atoms with Crippen LogP contribution in [0.5, 0.6) is 0 Å². The van der Waals surface area contributed by atoms with Crippen LogP contribution in [0.1, 0.15) is 111 Å². The molecule has 162 valence electrons. The smallest absolute Gasteiger partial charge is 0.243 e. The maximum Gasteiger partial charge on any atom is 0.243 e. The maximum absolute atomic E-state index is 11.5. The van der Waals surface area contributed by atoms with Gasteiger partial charge in [-0.1, -0.05) is 103 Å². The topological polar surface area (TPSA) is 29.1 Å². The number of nitrogens with one attached hydrogen (secondary N) is 1. The van der Waals surface area contributed by atoms with Crippen LogP contribution in [0.15, 0.2) is 36.5 Å². The highest BCUT2D eigenvalue weighted by molar-refractivity contribution is 5.87. The van der Waals surface area contributed by atoms with E-state index in [4.69, 9.17) is 0 Å². The summed E-state index contributed by atoms with van der Waals surface area (Å²) in [6.07, 6.45) is 30.9. The van der Waals surface area contributed by atoms with Crippen molar-refractivity contribution in [1.82, 2.24) is 5.32 Å². The minimum atomic E-state index is -0.00420. The van der Waals surface area contributed by atoms with E-state index in [-0.39, 0.29) is 5.91 Å². The third-order valence-corrected chi connectivity index (χ3v) is 4.81. The highest BCUT2D eigenvalue weighted by Crippen LogP contribution is 2.11. The molecule has 0 fully saturated rings. The fraction of sp³-hybridized carbons (Fsp3) is 0.731. The van der Waals surface area contributed by atoms with Gasteiger partial charge in [0.1, 0.15) is 0 Å². The lowest BCUT2D eigenvalue weighted by Gasteiger charge is -2.03. The lowest BCUT2D eigenvalue weighted by atomic mass is 10.1. The normalized spacial score (nSPS) is 12.1. The Bertz CT molecular complexity index is 420. The number of hydrogen-bond donors (Lipinski definition) is 1. The Morgan fingerprint density at radius 1 is 0.714 bits per heavy atom. The molecule has 0 saturated heterocycles. The van der Waals surface area contributed by atoms with E-state index in [0.29, 0.717) is 5.92 Å². The lowest BCUT2D eigenvalue weighted by Crippen LogP contribution is -2.25. The molecular formula is C26H47NO. The average Bonchev–Trinajstić information content (AvgIpc) is 2.68. The summed E-state index contributed by atoms with van der Waals surface area (Å²) in [5.41, 5.74) is 0. The van der Waals surface area contributed by atoms with Crippen molar-refractivity contribution in [3.05, 3.63) is 36.5 Å². The first-order valence-corrected chi connectivity index (χ1v) is 11.9. The zero-order valence-electron chi connectivity index (χ0n) is 19.1. The molecule has 0 heterocycles. The predicted octanol–water partition coefficient (Wildman–Crippen LogP) is 7.91. The van der Waals surface area contributed by atoms with E-state index in [2.05, 4.69) is 44.3 Å². The Morgan fingerprint density at radius 2 is 1.21 bits per heavy atom. The molecule has 0 atom stereocenters. The zero-order valence-corrected chi connectivity index (χ0v) is 19.1. The van der Waals surface area contributed by atoms with Gasteiger partial charge in [0.15, 0.2) is 0 Å². The van der Waals surface area contributed by atoms with Crippen molar-refractivity contribution in [2.75, 3.05) is 6.54 Å². The highest BCUT2D eigenvalue weighted by Gasteiger charge is 1.95. The molecule has 0 saturated carbocycles. The number of rotatable bonds is 19. The van der Waals surface area contributed by atoms with Crippen molar-refractivity contribution in [1.29, 1.82) is 0 Å². The molecule has 0 radical (unpaired) electrons. The van der Waals surface area contributed by atoms with E-state index in [0.717, 1.165) is 13.0 Å². The number of amides is 1. The van der Waals surface area contributed by atoms with Crippen LogP contribution in [0, 0.1) is 5.92 Å². The number of unbranched alkanes of at least 4 members (excludes halogenated alkanes) is 12. The van der Waals surface area contributed by atoms with Crippen LogP contribution in [0.2, 0.25) is 0 Å². The summed E-state index contributed by atoms with van der Waals surface area (Å²) in [4.78, 5) is 11.5. The Hall–Kier alpha value is -1.31. The first kappa shape index (κ1) is 26.7. The minimum absolute atomic E-state index is 0.00420. The van der Waals surface area contributed by atoms with Gasteiger partial charge in [0.05, 0.1) is 0 Å². The fourth-order valence-electron chi connectivity index (χ4n) is 3.01. The molecule has 28 heavy (non-hydrogen) atoms. The number of carbonyl (C=O) groups is 1. The van der Waals surface area contributed by atoms with Crippen LogP contribution in [-0.4, -0.2) is 12.5 Å². The molecule has 1 N–H and O–H groups in total. The molecule has 0 rings (SSSR count). The summed E-state index contributed by atoms with van der Waals surface area (Å²) in [5, 5.41) is 2.87. The van der Waals surface area contributed by atoms with Crippen LogP contribution < -0.4 is 5.32 Å². The molecule has 0 aromatic carbocycles. The highest BCUT2D eigenvalue weighted by atomic mass is 16.1. The van der Waals surface area contributed by atoms with Crippen molar-refractivity contribution >= 4 is 5.91 Å². The van der Waals surface area contributed by atoms with Crippen LogP contribution >= 0.6 is 0 Å². The lowest BCUT2D eigenvalue weighted by molar-refractivity contribution is -0.116. The first-order chi connectivity index (χ1) is 13.7. The van der Waals surface area contributed by atoms with E-state index in [1.165, 1.54) is 83.5 Å². The summed E-state index contributed by atoms with van der Waals surface area (Å²) in [6.45, 7) is 7.20. The standard InChI is InChI=1S/C26H47NO/c1-4-5-6-7-8-9-10-11-12-13-14-15-16-17-18-19-20-21-22-23-26(28)27-24-25(2)3/h14-15,20-23,25H,4-13,16-19,24H2,1-3H3,(H,27,28)/b15-14-,21-20-,23-22-. The molecule has 0 aliphatic heterocycles. The van der Waals surface area contributed by atoms with Gasteiger partial charge in [0, 0.05) is 12.6 Å². The molecule has 1 amide bonds. The number of hydrogen-bond acceptors (Lipinski definition) is 1. The molecule has 0 bridgehead atoms. The van der Waals surface area contributed by atoms with Crippen molar-refractivity contribution in [3.8, 4) is 0 Å². The monoisotopic (exact) mass is 389 g/mol. The summed E-state index contributed by atoms with van der Waals surface area (Å²) >= 11 is 0. The number of allylic oxidation sites excluding steroid dienone is 5. The van der Waals surface area contributed by atoms with Gasteiger partial charge in [0.25, 0.3) is 0 Å². The van der Waals surface area contributed by atoms with Crippen LogP contribution in [-0.2, 0) is 4.79 Å². The maximum atomic E-state index is 11.5. The number of carbonyl (C=O) groups excluding carboxylic acids is 1. The van der Waals surface area contributed by atoms with Crippen molar-refractivity contribution in [2.45, 2.75) is 111 Å². The van der Waals surface area contributed by atoms with E-state index in [9.17, 15) is 4.79 Å². The first-order valence-electron chi connectivity index (χ1n) is 11.9. The summed E-state index contributed by atoms with van der Waals surface area (Å²) in [5.74, 6) is 0.488. The van der Waals surface area contributed by atoms with Crippen molar-refractivity contribution in [3.63, 3.8) is 0 Å². The van der Waals surface area contributed by atoms with Gasteiger partial charge in [-0.25, -0.2) is 0 Å². The van der Waals surface area contributed by atoms with Gasteiger partial charge in [0.2, 0.25) is 5.91 Å². The summed E-state index contributed by atoms with van der Waals surface area (Å²) in [6, 6.07) is 0. The van der Waals surface area contributed by atoms with Crippen molar-refractivity contribution in [2.24, 2.45) is 5.92 Å².